The van der Waals surface area contributed by atoms with Crippen LogP contribution in [0.3, 0.4) is 0 Å². The van der Waals surface area contributed by atoms with Crippen molar-refractivity contribution in [1.29, 1.82) is 5.26 Å². The Labute approximate surface area is 124 Å². The first-order valence-electron chi connectivity index (χ1n) is 8.45. The quantitative estimate of drug-likeness (QED) is 0.858. The molecule has 1 N–H and O–H groups in total. The molecule has 3 nitrogen and oxygen atoms in total. The van der Waals surface area contributed by atoms with Gasteiger partial charge in [0.1, 0.15) is 0 Å². The smallest absolute Gasteiger partial charge is 0.0863 e. The van der Waals surface area contributed by atoms with Crippen molar-refractivity contribution in [2.24, 2.45) is 11.3 Å². The summed E-state index contributed by atoms with van der Waals surface area (Å²) in [6.07, 6.45) is 7.99. The molecular formula is C17H30N2O. The SMILES string of the molecule is CCCN1CCC(O)(C2(C#N)CCCC(CC)C2)CC1. The van der Waals surface area contributed by atoms with Gasteiger partial charge in [0.25, 0.3) is 0 Å². The number of likely N-dealkylation sites (tertiary alicyclic amines) is 1. The topological polar surface area (TPSA) is 47.3 Å². The molecule has 0 radical (unpaired) electrons. The Hall–Kier alpha value is -0.590. The summed E-state index contributed by atoms with van der Waals surface area (Å²) in [5.41, 5.74) is -1.23. The maximum absolute atomic E-state index is 11.2. The lowest BCUT2D eigenvalue weighted by Gasteiger charge is -2.50. The van der Waals surface area contributed by atoms with E-state index in [4.69, 9.17) is 0 Å². The minimum Gasteiger partial charge on any atom is -0.388 e. The van der Waals surface area contributed by atoms with Crippen LogP contribution in [-0.2, 0) is 0 Å². The highest BCUT2D eigenvalue weighted by Crippen LogP contribution is 2.51. The van der Waals surface area contributed by atoms with Crippen LogP contribution in [0.15, 0.2) is 0 Å². The van der Waals surface area contributed by atoms with Crippen molar-refractivity contribution in [3.63, 3.8) is 0 Å². The molecule has 2 aliphatic rings. The fourth-order valence-corrected chi connectivity index (χ4v) is 4.31. The van der Waals surface area contributed by atoms with E-state index in [1.54, 1.807) is 0 Å². The van der Waals surface area contributed by atoms with Gasteiger partial charge in [-0.05, 0) is 44.6 Å². The maximum Gasteiger partial charge on any atom is 0.0863 e. The summed E-state index contributed by atoms with van der Waals surface area (Å²) in [6, 6.07) is 2.57. The molecule has 114 valence electrons. The highest BCUT2D eigenvalue weighted by Gasteiger charge is 2.53. The van der Waals surface area contributed by atoms with E-state index in [0.29, 0.717) is 5.92 Å². The highest BCUT2D eigenvalue weighted by atomic mass is 16.3. The van der Waals surface area contributed by atoms with Gasteiger partial charge in [0.05, 0.1) is 17.1 Å². The Bertz CT molecular complexity index is 354. The molecule has 1 aliphatic heterocycles. The van der Waals surface area contributed by atoms with Crippen LogP contribution in [0.4, 0.5) is 0 Å². The zero-order valence-electron chi connectivity index (χ0n) is 13.2. The summed E-state index contributed by atoms with van der Waals surface area (Å²) in [7, 11) is 0. The number of hydrogen-bond acceptors (Lipinski definition) is 3. The molecule has 1 heterocycles. The Morgan fingerprint density at radius 3 is 2.50 bits per heavy atom. The summed E-state index contributed by atoms with van der Waals surface area (Å²) < 4.78 is 0. The second kappa shape index (κ2) is 6.45. The van der Waals surface area contributed by atoms with Crippen LogP contribution in [0.2, 0.25) is 0 Å². The second-order valence-electron chi connectivity index (χ2n) is 6.94. The van der Waals surface area contributed by atoms with Gasteiger partial charge >= 0.3 is 0 Å². The van der Waals surface area contributed by atoms with E-state index in [1.807, 2.05) is 0 Å². The van der Waals surface area contributed by atoms with Gasteiger partial charge in [-0.15, -0.1) is 0 Å². The molecule has 2 unspecified atom stereocenters. The third-order valence-corrected chi connectivity index (χ3v) is 5.76. The summed E-state index contributed by atoms with van der Waals surface area (Å²) >= 11 is 0. The van der Waals surface area contributed by atoms with Crippen LogP contribution in [0.5, 0.6) is 0 Å². The zero-order valence-corrected chi connectivity index (χ0v) is 13.2. The summed E-state index contributed by atoms with van der Waals surface area (Å²) in [5.74, 6) is 0.626. The third kappa shape index (κ3) is 2.87. The lowest BCUT2D eigenvalue weighted by Crippen LogP contribution is -2.56. The molecule has 2 fully saturated rings. The minimum absolute atomic E-state index is 0.482. The first-order valence-corrected chi connectivity index (χ1v) is 8.45. The van der Waals surface area contributed by atoms with E-state index in [9.17, 15) is 10.4 Å². The molecule has 0 aromatic carbocycles. The van der Waals surface area contributed by atoms with E-state index in [0.717, 1.165) is 58.2 Å². The Morgan fingerprint density at radius 2 is 1.95 bits per heavy atom. The number of rotatable bonds is 4. The van der Waals surface area contributed by atoms with Crippen LogP contribution >= 0.6 is 0 Å². The molecule has 0 aromatic rings. The largest absolute Gasteiger partial charge is 0.388 e. The molecular weight excluding hydrogens is 248 g/mol. The molecule has 1 saturated heterocycles. The fourth-order valence-electron chi connectivity index (χ4n) is 4.31. The average molecular weight is 278 g/mol. The van der Waals surface area contributed by atoms with Crippen molar-refractivity contribution in [3.05, 3.63) is 0 Å². The first-order chi connectivity index (χ1) is 9.59. The maximum atomic E-state index is 11.2. The first kappa shape index (κ1) is 15.8. The predicted molar refractivity (Wildman–Crippen MR) is 81.2 cm³/mol. The van der Waals surface area contributed by atoms with Gasteiger partial charge in [-0.2, -0.15) is 5.26 Å². The van der Waals surface area contributed by atoms with Crippen LogP contribution in [0.1, 0.15) is 65.2 Å². The molecule has 1 saturated carbocycles. The summed E-state index contributed by atoms with van der Waals surface area (Å²) in [6.45, 7) is 7.43. The lowest BCUT2D eigenvalue weighted by molar-refractivity contribution is -0.117. The fraction of sp³-hybridized carbons (Fsp3) is 0.941. The summed E-state index contributed by atoms with van der Waals surface area (Å²) in [5, 5.41) is 21.0. The van der Waals surface area contributed by atoms with Crippen molar-refractivity contribution in [1.82, 2.24) is 4.90 Å². The van der Waals surface area contributed by atoms with Crippen LogP contribution in [0, 0.1) is 22.7 Å². The minimum atomic E-state index is -0.750. The highest BCUT2D eigenvalue weighted by molar-refractivity contribution is 5.14. The monoisotopic (exact) mass is 278 g/mol. The van der Waals surface area contributed by atoms with E-state index >= 15 is 0 Å². The van der Waals surface area contributed by atoms with Gasteiger partial charge in [0.15, 0.2) is 0 Å². The molecule has 0 bridgehead atoms. The van der Waals surface area contributed by atoms with Crippen LogP contribution in [-0.4, -0.2) is 35.2 Å². The molecule has 3 heteroatoms. The molecule has 1 aliphatic carbocycles. The van der Waals surface area contributed by atoms with E-state index in [1.165, 1.54) is 12.8 Å². The molecule has 0 aromatic heterocycles. The Morgan fingerprint density at radius 1 is 1.25 bits per heavy atom. The number of nitrogens with zero attached hydrogens (tertiary/aromatic N) is 2. The Kier molecular flexibility index (Phi) is 5.09. The number of aliphatic hydroxyl groups is 1. The molecule has 2 atom stereocenters. The van der Waals surface area contributed by atoms with Crippen molar-refractivity contribution in [2.75, 3.05) is 19.6 Å². The Balaban J connectivity index is 2.09. The number of hydrogen-bond donors (Lipinski definition) is 1. The van der Waals surface area contributed by atoms with Gasteiger partial charge in [-0.1, -0.05) is 33.1 Å². The number of nitriles is 1. The van der Waals surface area contributed by atoms with E-state index < -0.39 is 11.0 Å². The van der Waals surface area contributed by atoms with Crippen molar-refractivity contribution in [2.45, 2.75) is 70.8 Å². The summed E-state index contributed by atoms with van der Waals surface area (Å²) in [4.78, 5) is 2.43. The lowest BCUT2D eigenvalue weighted by atomic mass is 9.58. The van der Waals surface area contributed by atoms with Crippen molar-refractivity contribution >= 4 is 0 Å². The van der Waals surface area contributed by atoms with Gasteiger partial charge < -0.3 is 10.0 Å². The molecule has 0 spiro atoms. The molecule has 0 amide bonds. The van der Waals surface area contributed by atoms with Gasteiger partial charge in [0, 0.05) is 13.1 Å². The third-order valence-electron chi connectivity index (χ3n) is 5.76. The average Bonchev–Trinajstić information content (AvgIpc) is 2.49. The number of piperidine rings is 1. The normalized spacial score (nSPS) is 34.6. The van der Waals surface area contributed by atoms with Gasteiger partial charge in [-0.3, -0.25) is 0 Å². The van der Waals surface area contributed by atoms with E-state index in [2.05, 4.69) is 24.8 Å². The van der Waals surface area contributed by atoms with Crippen LogP contribution in [0.25, 0.3) is 0 Å². The standard InChI is InChI=1S/C17H30N2O/c1-3-10-19-11-8-17(20,9-12-19)16(14-18)7-5-6-15(4-2)13-16/h15,20H,3-13H2,1-2H3. The van der Waals surface area contributed by atoms with Crippen molar-refractivity contribution < 1.29 is 5.11 Å². The van der Waals surface area contributed by atoms with Gasteiger partial charge in [0.2, 0.25) is 0 Å². The molecule has 20 heavy (non-hydrogen) atoms. The second-order valence-corrected chi connectivity index (χ2v) is 6.94. The van der Waals surface area contributed by atoms with Crippen molar-refractivity contribution in [3.8, 4) is 6.07 Å². The van der Waals surface area contributed by atoms with Gasteiger partial charge in [-0.25, -0.2) is 0 Å². The zero-order chi connectivity index (χ0) is 14.6. The van der Waals surface area contributed by atoms with E-state index in [-0.39, 0.29) is 0 Å². The predicted octanol–water partition coefficient (Wildman–Crippen LogP) is 3.33. The molecule has 2 rings (SSSR count). The van der Waals surface area contributed by atoms with Crippen LogP contribution < -0.4 is 0 Å².